The zero-order chi connectivity index (χ0) is 52.1. The van der Waals surface area contributed by atoms with Crippen LogP contribution < -0.4 is 30.1 Å². The van der Waals surface area contributed by atoms with E-state index in [0.29, 0.717) is 71.7 Å². The Morgan fingerprint density at radius 3 is 2.45 bits per heavy atom. The number of carbonyl (C=O) groups is 1. The number of H-pyrrole nitrogens is 2. The zero-order valence-corrected chi connectivity index (χ0v) is 44.1. The second-order valence-electron chi connectivity index (χ2n) is 22.1. The number of hydrogen-bond acceptors (Lipinski definition) is 14. The van der Waals surface area contributed by atoms with Gasteiger partial charge in [-0.15, -0.1) is 0 Å². The molecule has 0 bridgehead atoms. The van der Waals surface area contributed by atoms with Gasteiger partial charge in [-0.05, 0) is 123 Å². The maximum absolute atomic E-state index is 14.3. The van der Waals surface area contributed by atoms with Crippen molar-refractivity contribution < 1.29 is 27.8 Å². The smallest absolute Gasteiger partial charge is 0.270 e. The number of rotatable bonds is 15. The molecular weight excluding hydrogens is 967 g/mol. The van der Waals surface area contributed by atoms with Gasteiger partial charge in [0.1, 0.15) is 44.7 Å². The average molecular weight is 1040 g/mol. The molecule has 75 heavy (non-hydrogen) atoms. The lowest BCUT2D eigenvalue weighted by Gasteiger charge is -2.58. The van der Waals surface area contributed by atoms with E-state index >= 15 is 0 Å². The number of methoxy groups -OCH3 is 1. The number of amides is 1. The molecule has 18 heteroatoms. The number of sulfonamides is 1. The van der Waals surface area contributed by atoms with Gasteiger partial charge in [-0.2, -0.15) is 0 Å². The molecule has 1 amide bonds. The van der Waals surface area contributed by atoms with Gasteiger partial charge in [0.15, 0.2) is 0 Å². The molecule has 1 unspecified atom stereocenters. The Hall–Kier alpha value is -6.73. The molecule has 0 radical (unpaired) electrons. The first-order valence-electron chi connectivity index (χ1n) is 26.5. The van der Waals surface area contributed by atoms with Crippen LogP contribution in [0.5, 0.6) is 17.2 Å². The topological polar surface area (TPSA) is 220 Å². The minimum atomic E-state index is -4.54. The summed E-state index contributed by atoms with van der Waals surface area (Å²) >= 11 is 0. The Morgan fingerprint density at radius 1 is 0.920 bits per heavy atom. The number of nitrogens with two attached hydrogens (primary N) is 1. The molecule has 4 aliphatic rings. The summed E-state index contributed by atoms with van der Waals surface area (Å²) in [5.74, 6) is 1.83. The summed E-state index contributed by atoms with van der Waals surface area (Å²) in [7, 11) is -2.83. The molecule has 2 aliphatic heterocycles. The number of benzene rings is 3. The number of pyridine rings is 2. The number of nitrogens with zero attached hydrogens (tertiary/aromatic N) is 6. The summed E-state index contributed by atoms with van der Waals surface area (Å²) in [5.41, 5.74) is 12.1. The first-order valence-corrected chi connectivity index (χ1v) is 28.0. The van der Waals surface area contributed by atoms with Gasteiger partial charge >= 0.3 is 0 Å². The number of ether oxygens (including phenoxy) is 2. The predicted octanol–water partition coefficient (Wildman–Crippen LogP) is 9.12. The van der Waals surface area contributed by atoms with Gasteiger partial charge in [0.2, 0.25) is 0 Å². The van der Waals surface area contributed by atoms with Crippen molar-refractivity contribution in [1.29, 1.82) is 0 Å². The molecule has 1 atom stereocenters. The molecule has 6 heterocycles. The number of anilines is 3. The number of fused-ring (bicyclic) bond motifs is 2. The highest BCUT2D eigenvalue weighted by molar-refractivity contribution is 7.90. The van der Waals surface area contributed by atoms with Gasteiger partial charge < -0.3 is 40.5 Å². The summed E-state index contributed by atoms with van der Waals surface area (Å²) in [5, 5.41) is 14.7. The Bertz CT molecular complexity index is 3290. The Balaban J connectivity index is 0.791. The molecule has 7 N–H and O–H groups in total. The normalized spacial score (nSPS) is 21.7. The Morgan fingerprint density at radius 2 is 1.69 bits per heavy atom. The fourth-order valence-electron chi connectivity index (χ4n) is 12.3. The molecule has 17 nitrogen and oxygen atoms in total. The van der Waals surface area contributed by atoms with Crippen molar-refractivity contribution in [2.24, 2.45) is 11.3 Å². The van der Waals surface area contributed by atoms with Crippen LogP contribution in [0.4, 0.5) is 17.2 Å². The van der Waals surface area contributed by atoms with Gasteiger partial charge in [0, 0.05) is 81.7 Å². The van der Waals surface area contributed by atoms with Crippen molar-refractivity contribution in [3.05, 3.63) is 120 Å². The van der Waals surface area contributed by atoms with Crippen LogP contribution in [-0.2, 0) is 16.6 Å². The molecule has 7 aromatic rings. The van der Waals surface area contributed by atoms with E-state index in [1.165, 1.54) is 35.3 Å². The van der Waals surface area contributed by atoms with Crippen molar-refractivity contribution in [2.75, 3.05) is 62.3 Å². The fraction of sp³-hybridized carbons (Fsp3) is 0.439. The number of hydrogen-bond donors (Lipinski definition) is 6. The van der Waals surface area contributed by atoms with E-state index in [1.807, 2.05) is 19.1 Å². The Kier molecular flexibility index (Phi) is 13.7. The standard InChI is InChI=1S/C57H69N11O6S/c1-36(2)43-7-5-6-8-44(43)47-34-66(33-38-9-11-41(73-4)12-10-38)23-24-68(47)40-28-57(29-40)18-21-67(22-19-57)50-27-48(74-42-25-39-15-20-59-54(39)62-31-42)45(32-60-50)55(69)65-75(71,72)49-26-46(58)51(53-52(49)63-35-64-53)61-30-37-13-16-56(3,70)17-14-37/h5-12,15,20,25-27,31-32,35-37,40,47,61,70H,13-14,16-19,21-24,28-30,33-34,58H2,1-4H3,(H,59,62)(H,63,64)(H,65,69)/t37-,47?,56-. The maximum atomic E-state index is 14.3. The van der Waals surface area contributed by atoms with E-state index in [-0.39, 0.29) is 32.8 Å². The molecule has 2 saturated heterocycles. The largest absolute Gasteiger partial charge is 0.497 e. The highest BCUT2D eigenvalue weighted by atomic mass is 32.2. The molecule has 2 saturated carbocycles. The molecule has 11 rings (SSSR count). The molecular formula is C57H69N11O6S. The number of carbonyl (C=O) groups excluding carboxylic acids is 1. The average Bonchev–Trinajstić information content (AvgIpc) is 4.09. The number of nitrogens with one attached hydrogen (secondary N) is 4. The second-order valence-corrected chi connectivity index (χ2v) is 23.8. The van der Waals surface area contributed by atoms with E-state index < -0.39 is 21.5 Å². The third-order valence-corrected chi connectivity index (χ3v) is 18.0. The van der Waals surface area contributed by atoms with Crippen LogP contribution in [0.2, 0.25) is 0 Å². The maximum Gasteiger partial charge on any atom is 0.270 e. The molecule has 2 aliphatic carbocycles. The Labute approximate surface area is 438 Å². The summed E-state index contributed by atoms with van der Waals surface area (Å²) in [4.78, 5) is 41.5. The first-order chi connectivity index (χ1) is 36.1. The van der Waals surface area contributed by atoms with Gasteiger partial charge in [-0.1, -0.05) is 50.2 Å². The number of aromatic amines is 2. The zero-order valence-electron chi connectivity index (χ0n) is 43.3. The van der Waals surface area contributed by atoms with Crippen LogP contribution in [-0.4, -0.2) is 112 Å². The monoisotopic (exact) mass is 1040 g/mol. The van der Waals surface area contributed by atoms with E-state index in [0.717, 1.165) is 88.9 Å². The molecule has 394 valence electrons. The van der Waals surface area contributed by atoms with Crippen LogP contribution in [0.15, 0.2) is 103 Å². The van der Waals surface area contributed by atoms with E-state index in [2.05, 4.69) is 107 Å². The summed E-state index contributed by atoms with van der Waals surface area (Å²) in [6.07, 6.45) is 13.5. The minimum Gasteiger partial charge on any atom is -0.497 e. The number of aromatic nitrogens is 5. The SMILES string of the molecule is COc1ccc(CN2CCN(C3CC4(CCN(c5cc(Oc6cnc7[nH]ccc7c6)c(C(=O)NS(=O)(=O)c6cc(N)c(NC[C@H]7CC[C@](C)(O)CC7)c7[nH]cnc67)cn5)CC4)C3)C(c3ccccc3C(C)C)C2)cc1. The highest BCUT2D eigenvalue weighted by Gasteiger charge is 2.50. The third kappa shape index (κ3) is 10.5. The molecule has 1 spiro atoms. The lowest BCUT2D eigenvalue weighted by molar-refractivity contribution is -0.0628. The van der Waals surface area contributed by atoms with Gasteiger partial charge in [0.05, 0.1) is 42.1 Å². The van der Waals surface area contributed by atoms with E-state index in [9.17, 15) is 18.3 Å². The summed E-state index contributed by atoms with van der Waals surface area (Å²) in [6.45, 7) is 12.5. The number of aliphatic hydroxyl groups is 1. The first kappa shape index (κ1) is 50.4. The highest BCUT2D eigenvalue weighted by Crippen LogP contribution is 2.53. The van der Waals surface area contributed by atoms with Crippen molar-refractivity contribution in [2.45, 2.75) is 107 Å². The number of piperazine rings is 1. The van der Waals surface area contributed by atoms with Crippen LogP contribution in [0.3, 0.4) is 0 Å². The van der Waals surface area contributed by atoms with Gasteiger partial charge in [-0.3, -0.25) is 14.6 Å². The molecule has 3 aromatic carbocycles. The lowest BCUT2D eigenvalue weighted by atomic mass is 9.59. The summed E-state index contributed by atoms with van der Waals surface area (Å²) in [6, 6.07) is 25.0. The number of imidazole rings is 1. The van der Waals surface area contributed by atoms with Crippen LogP contribution in [0.1, 0.15) is 111 Å². The minimum absolute atomic E-state index is 0.0690. The van der Waals surface area contributed by atoms with Crippen LogP contribution >= 0.6 is 0 Å². The van der Waals surface area contributed by atoms with E-state index in [1.54, 1.807) is 25.6 Å². The van der Waals surface area contributed by atoms with Gasteiger partial charge in [-0.25, -0.2) is 28.1 Å². The summed E-state index contributed by atoms with van der Waals surface area (Å²) < 4.78 is 42.6. The molecule has 4 fully saturated rings. The third-order valence-electron chi connectivity index (χ3n) is 16.7. The quantitative estimate of drug-likeness (QED) is 0.0528. The fourth-order valence-corrected chi connectivity index (χ4v) is 13.4. The van der Waals surface area contributed by atoms with Crippen molar-refractivity contribution in [3.8, 4) is 17.2 Å². The predicted molar refractivity (Wildman–Crippen MR) is 292 cm³/mol. The van der Waals surface area contributed by atoms with Crippen LogP contribution in [0, 0.1) is 11.3 Å². The van der Waals surface area contributed by atoms with Crippen LogP contribution in [0.25, 0.3) is 22.1 Å². The molecule has 4 aromatic heterocycles. The number of piperidine rings is 1. The van der Waals surface area contributed by atoms with E-state index in [4.69, 9.17) is 20.2 Å². The lowest BCUT2D eigenvalue weighted by Crippen LogP contribution is -2.60. The van der Waals surface area contributed by atoms with Crippen molar-refractivity contribution in [1.82, 2.24) is 39.4 Å². The van der Waals surface area contributed by atoms with Crippen molar-refractivity contribution >= 4 is 55.2 Å². The van der Waals surface area contributed by atoms with Gasteiger partial charge in [0.25, 0.3) is 15.9 Å². The second kappa shape index (κ2) is 20.4. The number of nitrogen functional groups attached to an aromatic ring is 1. The van der Waals surface area contributed by atoms with Crippen molar-refractivity contribution in [3.63, 3.8) is 0 Å².